The molecule has 0 saturated heterocycles. The first-order valence-electron chi connectivity index (χ1n) is 0. The summed E-state index contributed by atoms with van der Waals surface area (Å²) in [6.07, 6.45) is 0. The van der Waals surface area contributed by atoms with Crippen molar-refractivity contribution in [1.82, 2.24) is 0 Å². The highest BCUT2D eigenvalue weighted by molar-refractivity contribution is 5.86. The molecule has 0 heterocycles. The summed E-state index contributed by atoms with van der Waals surface area (Å²) < 4.78 is 0. The van der Waals surface area contributed by atoms with Gasteiger partial charge in [-0.2, -0.15) is 0 Å². The highest BCUT2D eigenvalue weighted by atomic mass is 35.5. The molecule has 4 heteroatoms. The van der Waals surface area contributed by atoms with Crippen LogP contribution >= 0.6 is 37.2 Å². The SMILES string of the molecule is Cl.Cl.Cl.[AlH3].[HH]. The third-order valence-electron chi connectivity index (χ3n) is 0. The van der Waals surface area contributed by atoms with Crippen molar-refractivity contribution in [2.24, 2.45) is 0 Å². The quantitative estimate of drug-likeness (QED) is 0.427. The molecule has 0 aliphatic carbocycles. The molecule has 4 heavy (non-hydrogen) atoms. The number of halogens is 3. The predicted molar refractivity (Wildman–Crippen MR) is 33.8 cm³/mol. The van der Waals surface area contributed by atoms with Gasteiger partial charge in [-0.05, 0) is 0 Å². The van der Waals surface area contributed by atoms with Crippen LogP contribution in [0.1, 0.15) is 1.43 Å². The highest BCUT2D eigenvalue weighted by Gasteiger charge is 0.187. The average molecular weight is 141 g/mol. The molecule has 0 fully saturated rings. The fourth-order valence-electron chi connectivity index (χ4n) is 0. The lowest BCUT2D eigenvalue weighted by atomic mass is 27.0. The molecule has 0 bridgehead atoms. The van der Waals surface area contributed by atoms with Crippen LogP contribution in [0.25, 0.3) is 0 Å². The van der Waals surface area contributed by atoms with Crippen LogP contribution < -0.4 is 0 Å². The minimum absolute atomic E-state index is 0. The second-order valence-corrected chi connectivity index (χ2v) is 0. The Morgan fingerprint density at radius 3 is 0.750 bits per heavy atom. The van der Waals surface area contributed by atoms with E-state index in [0.717, 1.165) is 0 Å². The molecule has 0 rings (SSSR count). The normalized spacial score (nSPS) is 0. The van der Waals surface area contributed by atoms with Crippen LogP contribution in [0.2, 0.25) is 0 Å². The molecule has 0 spiro atoms. The molecule has 0 aliphatic heterocycles. The summed E-state index contributed by atoms with van der Waals surface area (Å²) in [7, 11) is 0. The zero-order valence-electron chi connectivity index (χ0n) is 1.22. The van der Waals surface area contributed by atoms with Crippen molar-refractivity contribution in [3.8, 4) is 0 Å². The van der Waals surface area contributed by atoms with Crippen molar-refractivity contribution in [3.05, 3.63) is 0 Å². The summed E-state index contributed by atoms with van der Waals surface area (Å²) in [6, 6.07) is 0. The molecular weight excluding hydrogens is 133 g/mol. The fourth-order valence-corrected chi connectivity index (χ4v) is 0. The van der Waals surface area contributed by atoms with Gasteiger partial charge in [-0.3, -0.25) is 0 Å². The molecule has 0 N–H and O–H groups in total. The molecule has 0 amide bonds. The van der Waals surface area contributed by atoms with Crippen molar-refractivity contribution < 1.29 is 1.43 Å². The van der Waals surface area contributed by atoms with Crippen molar-refractivity contribution in [3.63, 3.8) is 0 Å². The second-order valence-electron chi connectivity index (χ2n) is 0. The van der Waals surface area contributed by atoms with Gasteiger partial charge >= 0.3 is 0 Å². The molecular formula is H8AlCl3. The van der Waals surface area contributed by atoms with Crippen molar-refractivity contribution in [2.45, 2.75) is 0 Å². The van der Waals surface area contributed by atoms with Gasteiger partial charge in [-0.25, -0.2) is 0 Å². The first kappa shape index (κ1) is 53.2. The molecule has 0 nitrogen and oxygen atoms in total. The van der Waals surface area contributed by atoms with Gasteiger partial charge in [0.15, 0.2) is 17.4 Å². The van der Waals surface area contributed by atoms with E-state index in [-0.39, 0.29) is 56.0 Å². The maximum absolute atomic E-state index is 0. The first-order chi connectivity index (χ1) is 0. The third kappa shape index (κ3) is 9.98. The number of hydrogen-bond acceptors (Lipinski definition) is 0. The van der Waals surface area contributed by atoms with Gasteiger partial charge in [0.25, 0.3) is 0 Å². The van der Waals surface area contributed by atoms with Crippen molar-refractivity contribution >= 4 is 54.6 Å². The van der Waals surface area contributed by atoms with Gasteiger partial charge in [0.1, 0.15) is 0 Å². The molecule has 0 aromatic carbocycles. The molecule has 0 atom stereocenters. The lowest BCUT2D eigenvalue weighted by molar-refractivity contribution is 5.75. The van der Waals surface area contributed by atoms with E-state index < -0.39 is 0 Å². The Morgan fingerprint density at radius 1 is 0.750 bits per heavy atom. The van der Waals surface area contributed by atoms with E-state index in [2.05, 4.69) is 0 Å². The van der Waals surface area contributed by atoms with Crippen LogP contribution in [0.3, 0.4) is 0 Å². The summed E-state index contributed by atoms with van der Waals surface area (Å²) >= 11 is 0. The van der Waals surface area contributed by atoms with Gasteiger partial charge in [0.2, 0.25) is 0 Å². The summed E-state index contributed by atoms with van der Waals surface area (Å²) in [5.74, 6) is 0. The Balaban J connectivity index is 0. The van der Waals surface area contributed by atoms with Crippen LogP contribution in [0.4, 0.5) is 0 Å². The van der Waals surface area contributed by atoms with Crippen molar-refractivity contribution in [2.75, 3.05) is 0 Å². The fraction of sp³-hybridized carbons (Fsp3) is 0. The third-order valence-corrected chi connectivity index (χ3v) is 0. The average Bonchev–Trinajstić information content (AvgIpc) is 0. The number of rotatable bonds is 0. The minimum atomic E-state index is 0. The smallest absolute Gasteiger partial charge is 0.147 e. The molecule has 0 aromatic rings. The van der Waals surface area contributed by atoms with Crippen molar-refractivity contribution in [1.29, 1.82) is 0 Å². The Kier molecular flexibility index (Phi) is 345. The maximum atomic E-state index is 0. The zero-order chi connectivity index (χ0) is 0. The summed E-state index contributed by atoms with van der Waals surface area (Å²) in [5.41, 5.74) is 0. The van der Waals surface area contributed by atoms with E-state index in [9.17, 15) is 0 Å². The van der Waals surface area contributed by atoms with Crippen LogP contribution in [0.5, 0.6) is 0 Å². The van der Waals surface area contributed by atoms with Gasteiger partial charge in [-0.1, -0.05) is 0 Å². The Morgan fingerprint density at radius 2 is 0.750 bits per heavy atom. The minimum Gasteiger partial charge on any atom is -0.147 e. The van der Waals surface area contributed by atoms with Gasteiger partial charge in [0.05, 0.1) is 0 Å². The Labute approximate surface area is 56.2 Å². The highest BCUT2D eigenvalue weighted by Crippen LogP contribution is 0.692. The van der Waals surface area contributed by atoms with E-state index >= 15 is 0 Å². The van der Waals surface area contributed by atoms with Crippen LogP contribution in [0.15, 0.2) is 0 Å². The lowest BCUT2D eigenvalue weighted by Gasteiger charge is -0.148. The van der Waals surface area contributed by atoms with Crippen LogP contribution in [-0.4, -0.2) is 17.4 Å². The van der Waals surface area contributed by atoms with E-state index in [1.807, 2.05) is 0 Å². The van der Waals surface area contributed by atoms with Gasteiger partial charge < -0.3 is 0 Å². The van der Waals surface area contributed by atoms with Crippen LogP contribution in [0, 0.1) is 0 Å². The van der Waals surface area contributed by atoms with E-state index in [0.29, 0.717) is 0 Å². The maximum Gasteiger partial charge on any atom is 0.187 e. The summed E-state index contributed by atoms with van der Waals surface area (Å²) in [4.78, 5) is 0. The van der Waals surface area contributed by atoms with E-state index in [4.69, 9.17) is 0 Å². The lowest BCUT2D eigenvalue weighted by Crippen LogP contribution is -0.381. The summed E-state index contributed by atoms with van der Waals surface area (Å²) in [6.45, 7) is 0. The molecule has 0 saturated carbocycles. The molecule has 32 valence electrons. The molecule has 0 aliphatic rings. The van der Waals surface area contributed by atoms with Crippen LogP contribution in [-0.2, 0) is 0 Å². The number of hydrogen-bond donors (Lipinski definition) is 0. The summed E-state index contributed by atoms with van der Waals surface area (Å²) in [5, 5.41) is 0. The topological polar surface area (TPSA) is 0 Å². The van der Waals surface area contributed by atoms with E-state index in [1.54, 1.807) is 0 Å². The molecule has 0 aromatic heterocycles. The predicted octanol–water partition coefficient (Wildman–Crippen LogP) is 0.328. The molecule has 0 unspecified atom stereocenters. The molecule has 0 radical (unpaired) electrons. The Bertz CT molecular complexity index is 6.85. The van der Waals surface area contributed by atoms with Gasteiger partial charge in [-0.15, -0.1) is 37.2 Å². The monoisotopic (exact) mass is 140 g/mol. The zero-order valence-corrected chi connectivity index (χ0v) is 3.67. The van der Waals surface area contributed by atoms with Gasteiger partial charge in [0, 0.05) is 1.43 Å². The van der Waals surface area contributed by atoms with E-state index in [1.165, 1.54) is 0 Å². The second kappa shape index (κ2) is 25.9. The Hall–Kier alpha value is 1.40. The largest absolute Gasteiger partial charge is 0.187 e. The first-order valence-corrected chi connectivity index (χ1v) is 0. The standard InChI is InChI=1S/Al.3ClH.H2.3H/h;4*1H;;;.